The van der Waals surface area contributed by atoms with Crippen LogP contribution in [0.15, 0.2) is 70.9 Å². The van der Waals surface area contributed by atoms with Gasteiger partial charge in [0.25, 0.3) is 5.91 Å². The molecule has 9 heteroatoms. The van der Waals surface area contributed by atoms with Crippen LogP contribution in [0, 0.1) is 0 Å². The number of rotatable bonds is 9. The molecule has 0 saturated carbocycles. The molecule has 0 aliphatic rings. The zero-order valence-electron chi connectivity index (χ0n) is 16.5. The number of methoxy groups -OCH3 is 1. The minimum atomic E-state index is -0.415. The van der Waals surface area contributed by atoms with E-state index in [9.17, 15) is 4.79 Å². The lowest BCUT2D eigenvalue weighted by Gasteiger charge is -2.09. The van der Waals surface area contributed by atoms with Crippen LogP contribution in [-0.4, -0.2) is 30.8 Å². The van der Waals surface area contributed by atoms with Crippen LogP contribution in [0.25, 0.3) is 0 Å². The first-order valence-electron chi connectivity index (χ1n) is 9.15. The van der Waals surface area contributed by atoms with Crippen molar-refractivity contribution >= 4 is 47.1 Å². The molecule has 1 N–H and O–H groups in total. The summed E-state index contributed by atoms with van der Waals surface area (Å²) in [7, 11) is 1.63. The van der Waals surface area contributed by atoms with Crippen molar-refractivity contribution in [3.8, 4) is 11.5 Å². The summed E-state index contributed by atoms with van der Waals surface area (Å²) in [5.74, 6) is 1.42. The molecule has 0 aliphatic heterocycles. The Hall–Kier alpha value is -2.74. The Morgan fingerprint density at radius 1 is 1.16 bits per heavy atom. The maximum Gasteiger partial charge on any atom is 0.277 e. The molecule has 160 valence electrons. The number of hydrogen-bond acceptors (Lipinski definition) is 6. The molecule has 0 atom stereocenters. The fourth-order valence-electron chi connectivity index (χ4n) is 2.52. The summed E-state index contributed by atoms with van der Waals surface area (Å²) < 4.78 is 10.8. The SMILES string of the molecule is COc1ccc(C=NNC(=O)COc2ccc(Cl)cc2Cl)cc1CSc1ccccn1. The lowest BCUT2D eigenvalue weighted by Crippen LogP contribution is -2.24. The first-order chi connectivity index (χ1) is 15.0. The zero-order valence-corrected chi connectivity index (χ0v) is 18.9. The molecule has 0 unspecified atom stereocenters. The molecule has 1 amide bonds. The molecule has 0 aliphatic carbocycles. The Morgan fingerprint density at radius 2 is 2.00 bits per heavy atom. The Balaban J connectivity index is 1.55. The Bertz CT molecular complexity index is 1070. The molecule has 6 nitrogen and oxygen atoms in total. The highest BCUT2D eigenvalue weighted by molar-refractivity contribution is 7.98. The Kier molecular flexibility index (Phi) is 8.58. The predicted octanol–water partition coefficient (Wildman–Crippen LogP) is 5.22. The normalized spacial score (nSPS) is 10.8. The van der Waals surface area contributed by atoms with Gasteiger partial charge in [0.15, 0.2) is 6.61 Å². The van der Waals surface area contributed by atoms with E-state index in [0.29, 0.717) is 21.5 Å². The average molecular weight is 476 g/mol. The number of hydrazone groups is 1. The van der Waals surface area contributed by atoms with Crippen LogP contribution in [0.4, 0.5) is 0 Å². The second kappa shape index (κ2) is 11.6. The number of carbonyl (C=O) groups is 1. The van der Waals surface area contributed by atoms with Crippen molar-refractivity contribution in [3.05, 3.63) is 82.0 Å². The van der Waals surface area contributed by atoms with E-state index in [2.05, 4.69) is 15.5 Å². The van der Waals surface area contributed by atoms with E-state index in [4.69, 9.17) is 32.7 Å². The minimum Gasteiger partial charge on any atom is -0.496 e. The number of halogens is 2. The molecule has 0 bridgehead atoms. The van der Waals surface area contributed by atoms with Crippen LogP contribution in [0.5, 0.6) is 11.5 Å². The number of carbonyl (C=O) groups excluding carboxylic acids is 1. The van der Waals surface area contributed by atoms with Gasteiger partial charge in [0.1, 0.15) is 11.5 Å². The Morgan fingerprint density at radius 3 is 2.74 bits per heavy atom. The number of benzene rings is 2. The van der Waals surface area contributed by atoms with Gasteiger partial charge in [-0.15, -0.1) is 11.8 Å². The molecule has 1 heterocycles. The van der Waals surface area contributed by atoms with E-state index in [0.717, 1.165) is 21.9 Å². The van der Waals surface area contributed by atoms with Crippen molar-refractivity contribution in [2.24, 2.45) is 5.10 Å². The lowest BCUT2D eigenvalue weighted by atomic mass is 10.1. The fourth-order valence-corrected chi connectivity index (χ4v) is 3.82. The van der Waals surface area contributed by atoms with Crippen LogP contribution in [-0.2, 0) is 10.5 Å². The quantitative estimate of drug-likeness (QED) is 0.261. The van der Waals surface area contributed by atoms with Gasteiger partial charge in [-0.25, -0.2) is 10.4 Å². The molecule has 2 aromatic carbocycles. The van der Waals surface area contributed by atoms with Crippen molar-refractivity contribution in [2.75, 3.05) is 13.7 Å². The zero-order chi connectivity index (χ0) is 22.1. The van der Waals surface area contributed by atoms with E-state index in [1.165, 1.54) is 0 Å². The molecule has 31 heavy (non-hydrogen) atoms. The van der Waals surface area contributed by atoms with Gasteiger partial charge in [0.2, 0.25) is 0 Å². The number of amides is 1. The van der Waals surface area contributed by atoms with E-state index in [-0.39, 0.29) is 6.61 Å². The van der Waals surface area contributed by atoms with E-state index in [1.807, 2.05) is 36.4 Å². The summed E-state index contributed by atoms with van der Waals surface area (Å²) in [6.07, 6.45) is 3.32. The molecular weight excluding hydrogens is 457 g/mol. The van der Waals surface area contributed by atoms with Crippen molar-refractivity contribution in [1.82, 2.24) is 10.4 Å². The van der Waals surface area contributed by atoms with E-state index in [1.54, 1.807) is 49.5 Å². The highest BCUT2D eigenvalue weighted by Gasteiger charge is 2.07. The second-order valence-electron chi connectivity index (χ2n) is 6.18. The fraction of sp³-hybridized carbons (Fsp3) is 0.136. The summed E-state index contributed by atoms with van der Waals surface area (Å²) in [5.41, 5.74) is 4.24. The number of nitrogens with one attached hydrogen (secondary N) is 1. The molecule has 1 aromatic heterocycles. The Labute approximate surface area is 194 Å². The summed E-state index contributed by atoms with van der Waals surface area (Å²) in [6.45, 7) is -0.229. The summed E-state index contributed by atoms with van der Waals surface area (Å²) in [4.78, 5) is 16.3. The van der Waals surface area contributed by atoms with Crippen molar-refractivity contribution in [2.45, 2.75) is 10.8 Å². The van der Waals surface area contributed by atoms with Crippen LogP contribution in [0.1, 0.15) is 11.1 Å². The van der Waals surface area contributed by atoms with Crippen LogP contribution >= 0.6 is 35.0 Å². The topological polar surface area (TPSA) is 72.8 Å². The van der Waals surface area contributed by atoms with Gasteiger partial charge < -0.3 is 9.47 Å². The molecule has 0 radical (unpaired) electrons. The van der Waals surface area contributed by atoms with Gasteiger partial charge in [0, 0.05) is 22.5 Å². The maximum absolute atomic E-state index is 12.0. The molecule has 0 spiro atoms. The van der Waals surface area contributed by atoms with Crippen LogP contribution < -0.4 is 14.9 Å². The minimum absolute atomic E-state index is 0.229. The van der Waals surface area contributed by atoms with Crippen LogP contribution in [0.2, 0.25) is 10.0 Å². The first-order valence-corrected chi connectivity index (χ1v) is 10.9. The number of ether oxygens (including phenoxy) is 2. The molecular formula is C22H19Cl2N3O3S. The van der Waals surface area contributed by atoms with Crippen molar-refractivity contribution < 1.29 is 14.3 Å². The van der Waals surface area contributed by atoms with Crippen molar-refractivity contribution in [1.29, 1.82) is 0 Å². The third kappa shape index (κ3) is 7.17. The highest BCUT2D eigenvalue weighted by atomic mass is 35.5. The number of thioether (sulfide) groups is 1. The maximum atomic E-state index is 12.0. The third-order valence-electron chi connectivity index (χ3n) is 3.97. The second-order valence-corrected chi connectivity index (χ2v) is 8.02. The molecule has 3 rings (SSSR count). The highest BCUT2D eigenvalue weighted by Crippen LogP contribution is 2.28. The number of pyridine rings is 1. The van der Waals surface area contributed by atoms with E-state index < -0.39 is 5.91 Å². The standard InChI is InChI=1S/C22H19Cl2N3O3S/c1-29-19-7-5-15(10-16(19)14-31-22-4-2-3-9-25-22)12-26-27-21(28)13-30-20-8-6-17(23)11-18(20)24/h2-12H,13-14H2,1H3,(H,27,28). The molecule has 0 fully saturated rings. The molecule has 3 aromatic rings. The largest absolute Gasteiger partial charge is 0.496 e. The van der Waals surface area contributed by atoms with Gasteiger partial charge >= 0.3 is 0 Å². The predicted molar refractivity (Wildman–Crippen MR) is 124 cm³/mol. The summed E-state index contributed by atoms with van der Waals surface area (Å²) in [6, 6.07) is 16.2. The molecule has 0 saturated heterocycles. The third-order valence-corrected chi connectivity index (χ3v) is 5.50. The number of hydrogen-bond donors (Lipinski definition) is 1. The van der Waals surface area contributed by atoms with Gasteiger partial charge in [-0.2, -0.15) is 5.10 Å². The van der Waals surface area contributed by atoms with Gasteiger partial charge in [-0.3, -0.25) is 4.79 Å². The van der Waals surface area contributed by atoms with Gasteiger partial charge in [-0.1, -0.05) is 29.3 Å². The van der Waals surface area contributed by atoms with E-state index >= 15 is 0 Å². The lowest BCUT2D eigenvalue weighted by molar-refractivity contribution is -0.123. The van der Waals surface area contributed by atoms with Gasteiger partial charge in [0.05, 0.1) is 23.4 Å². The van der Waals surface area contributed by atoms with Crippen molar-refractivity contribution in [3.63, 3.8) is 0 Å². The first kappa shape index (κ1) is 22.9. The smallest absolute Gasteiger partial charge is 0.277 e. The van der Waals surface area contributed by atoms with Gasteiger partial charge in [-0.05, 0) is 54.1 Å². The monoisotopic (exact) mass is 475 g/mol. The average Bonchev–Trinajstić information content (AvgIpc) is 2.78. The number of nitrogens with zero attached hydrogens (tertiary/aromatic N) is 2. The summed E-state index contributed by atoms with van der Waals surface area (Å²) in [5, 5.41) is 5.74. The summed E-state index contributed by atoms with van der Waals surface area (Å²) >= 11 is 13.5. The number of aromatic nitrogens is 1. The van der Waals surface area contributed by atoms with Crippen LogP contribution in [0.3, 0.4) is 0 Å².